The van der Waals surface area contributed by atoms with Crippen molar-refractivity contribution in [2.45, 2.75) is 26.8 Å². The van der Waals surface area contributed by atoms with Gasteiger partial charge in [-0.2, -0.15) is 0 Å². The minimum atomic E-state index is -0.455. The van der Waals surface area contributed by atoms with Gasteiger partial charge in [0.05, 0.1) is 5.52 Å². The van der Waals surface area contributed by atoms with Crippen molar-refractivity contribution in [3.05, 3.63) is 75.6 Å². The zero-order chi connectivity index (χ0) is 18.7. The van der Waals surface area contributed by atoms with Gasteiger partial charge in [-0.1, -0.05) is 0 Å². The number of nitrogens with zero attached hydrogens (tertiary/aromatic N) is 2. The van der Waals surface area contributed by atoms with E-state index in [1.54, 1.807) is 30.0 Å². The topological polar surface area (TPSA) is 64.0 Å². The summed E-state index contributed by atoms with van der Waals surface area (Å²) in [4.78, 5) is 29.2. The van der Waals surface area contributed by atoms with Gasteiger partial charge in [0.15, 0.2) is 0 Å². The van der Waals surface area contributed by atoms with E-state index in [2.05, 4.69) is 10.3 Å². The van der Waals surface area contributed by atoms with Gasteiger partial charge in [-0.05, 0) is 55.7 Å². The van der Waals surface area contributed by atoms with Gasteiger partial charge in [0, 0.05) is 37.1 Å². The highest BCUT2D eigenvalue weighted by molar-refractivity contribution is 5.97. The van der Waals surface area contributed by atoms with Gasteiger partial charge in [0.2, 0.25) is 5.43 Å². The van der Waals surface area contributed by atoms with E-state index < -0.39 is 17.2 Å². The van der Waals surface area contributed by atoms with Crippen LogP contribution in [0.25, 0.3) is 10.9 Å². The Morgan fingerprint density at radius 2 is 2.00 bits per heavy atom. The van der Waals surface area contributed by atoms with Crippen molar-refractivity contribution in [3.63, 3.8) is 0 Å². The molecule has 2 aromatic heterocycles. The van der Waals surface area contributed by atoms with Crippen molar-refractivity contribution in [2.75, 3.05) is 6.54 Å². The van der Waals surface area contributed by atoms with Crippen LogP contribution in [0.15, 0.2) is 47.7 Å². The molecule has 0 bridgehead atoms. The number of amides is 1. The molecule has 0 fully saturated rings. The van der Waals surface area contributed by atoms with Crippen LogP contribution >= 0.6 is 0 Å². The molecule has 26 heavy (non-hydrogen) atoms. The van der Waals surface area contributed by atoms with Gasteiger partial charge in [-0.15, -0.1) is 0 Å². The summed E-state index contributed by atoms with van der Waals surface area (Å²) in [7, 11) is 0. The first kappa shape index (κ1) is 17.8. The number of carbonyl (C=O) groups is 1. The zero-order valence-corrected chi connectivity index (χ0v) is 14.8. The SMILES string of the molecule is CCn1cc(C(=O)NCCc2ccncc2)c(=O)c2cc(C)cc(F)c21. The molecule has 134 valence electrons. The number of hydrogen-bond donors (Lipinski definition) is 1. The summed E-state index contributed by atoms with van der Waals surface area (Å²) in [6, 6.07) is 6.76. The third kappa shape index (κ3) is 3.49. The number of carbonyl (C=O) groups excluding carboxylic acids is 1. The number of halogens is 1. The van der Waals surface area contributed by atoms with Crippen LogP contribution in [0, 0.1) is 12.7 Å². The predicted octanol–water partition coefficient (Wildman–Crippen LogP) is 2.84. The van der Waals surface area contributed by atoms with Crippen molar-refractivity contribution < 1.29 is 9.18 Å². The molecule has 2 heterocycles. The average molecular weight is 353 g/mol. The highest BCUT2D eigenvalue weighted by Crippen LogP contribution is 2.18. The molecule has 1 amide bonds. The van der Waals surface area contributed by atoms with Crippen LogP contribution in [0.3, 0.4) is 0 Å². The van der Waals surface area contributed by atoms with Crippen molar-refractivity contribution >= 4 is 16.8 Å². The Labute approximate surface area is 150 Å². The molecule has 0 unspecified atom stereocenters. The molecule has 0 aliphatic carbocycles. The summed E-state index contributed by atoms with van der Waals surface area (Å²) in [5.74, 6) is -0.904. The highest BCUT2D eigenvalue weighted by atomic mass is 19.1. The van der Waals surface area contributed by atoms with E-state index in [1.807, 2.05) is 19.1 Å². The van der Waals surface area contributed by atoms with Gasteiger partial charge >= 0.3 is 0 Å². The van der Waals surface area contributed by atoms with Crippen molar-refractivity contribution in [1.82, 2.24) is 14.9 Å². The Balaban J connectivity index is 1.90. The first-order chi connectivity index (χ1) is 12.5. The first-order valence-corrected chi connectivity index (χ1v) is 8.51. The number of rotatable bonds is 5. The number of benzene rings is 1. The molecule has 0 radical (unpaired) electrons. The van der Waals surface area contributed by atoms with Crippen molar-refractivity contribution in [1.29, 1.82) is 0 Å². The molecule has 3 aromatic rings. The van der Waals surface area contributed by atoms with Gasteiger partial charge in [0.1, 0.15) is 11.4 Å². The standard InChI is InChI=1S/C20H20FN3O2/c1-3-24-12-16(19(25)15-10-13(2)11-17(21)18(15)24)20(26)23-9-6-14-4-7-22-8-5-14/h4-5,7-8,10-12H,3,6,9H2,1-2H3,(H,23,26). The van der Waals surface area contributed by atoms with Crippen LogP contribution in [0.5, 0.6) is 0 Å². The van der Waals surface area contributed by atoms with E-state index in [9.17, 15) is 14.0 Å². The molecule has 0 saturated carbocycles. The Morgan fingerprint density at radius 1 is 1.27 bits per heavy atom. The lowest BCUT2D eigenvalue weighted by molar-refractivity contribution is 0.0952. The maximum absolute atomic E-state index is 14.3. The lowest BCUT2D eigenvalue weighted by Gasteiger charge is -2.13. The Bertz CT molecular complexity index is 1010. The first-order valence-electron chi connectivity index (χ1n) is 8.51. The molecular weight excluding hydrogens is 333 g/mol. The molecular formula is C20H20FN3O2. The minimum absolute atomic E-state index is 0.0269. The van der Waals surface area contributed by atoms with Gasteiger partial charge in [-0.3, -0.25) is 14.6 Å². The second kappa shape index (κ2) is 7.47. The van der Waals surface area contributed by atoms with Crippen molar-refractivity contribution in [3.8, 4) is 0 Å². The summed E-state index contributed by atoms with van der Waals surface area (Å²) in [5.41, 5.74) is 1.50. The maximum Gasteiger partial charge on any atom is 0.256 e. The third-order valence-corrected chi connectivity index (χ3v) is 4.30. The van der Waals surface area contributed by atoms with Gasteiger partial charge < -0.3 is 9.88 Å². The average Bonchev–Trinajstić information content (AvgIpc) is 2.63. The normalized spacial score (nSPS) is 10.9. The van der Waals surface area contributed by atoms with Crippen LogP contribution in [0.1, 0.15) is 28.4 Å². The largest absolute Gasteiger partial charge is 0.352 e. The lowest BCUT2D eigenvalue weighted by Crippen LogP contribution is -2.31. The summed E-state index contributed by atoms with van der Waals surface area (Å²) in [5, 5.41) is 2.99. The molecule has 6 heteroatoms. The van der Waals surface area contributed by atoms with Crippen LogP contribution in [-0.2, 0) is 13.0 Å². The van der Waals surface area contributed by atoms with E-state index >= 15 is 0 Å². The van der Waals surface area contributed by atoms with Crippen LogP contribution in [-0.4, -0.2) is 22.0 Å². The second-order valence-corrected chi connectivity index (χ2v) is 6.16. The number of pyridine rings is 2. The molecule has 0 spiro atoms. The lowest BCUT2D eigenvalue weighted by atomic mass is 10.1. The molecule has 0 saturated heterocycles. The number of nitrogens with one attached hydrogen (secondary N) is 1. The fourth-order valence-electron chi connectivity index (χ4n) is 3.00. The third-order valence-electron chi connectivity index (χ3n) is 4.30. The molecule has 0 aliphatic rings. The number of aryl methyl sites for hydroxylation is 2. The summed E-state index contributed by atoms with van der Waals surface area (Å²) < 4.78 is 15.9. The van der Waals surface area contributed by atoms with E-state index in [-0.39, 0.29) is 16.5 Å². The van der Waals surface area contributed by atoms with Gasteiger partial charge in [-0.25, -0.2) is 4.39 Å². The van der Waals surface area contributed by atoms with Gasteiger partial charge in [0.25, 0.3) is 5.91 Å². The van der Waals surface area contributed by atoms with E-state index in [1.165, 1.54) is 12.3 Å². The van der Waals surface area contributed by atoms with Crippen LogP contribution in [0.4, 0.5) is 4.39 Å². The molecule has 3 rings (SSSR count). The minimum Gasteiger partial charge on any atom is -0.352 e. The highest BCUT2D eigenvalue weighted by Gasteiger charge is 2.17. The molecule has 1 aromatic carbocycles. The molecule has 0 aliphatic heterocycles. The summed E-state index contributed by atoms with van der Waals surface area (Å²) >= 11 is 0. The molecule has 5 nitrogen and oxygen atoms in total. The summed E-state index contributed by atoms with van der Waals surface area (Å²) in [6.07, 6.45) is 5.46. The van der Waals surface area contributed by atoms with Crippen LogP contribution in [0.2, 0.25) is 0 Å². The molecule has 0 atom stereocenters. The Hall–Kier alpha value is -3.02. The predicted molar refractivity (Wildman–Crippen MR) is 98.9 cm³/mol. The van der Waals surface area contributed by atoms with Crippen LogP contribution < -0.4 is 10.7 Å². The number of hydrogen-bond acceptors (Lipinski definition) is 3. The maximum atomic E-state index is 14.3. The molecule has 1 N–H and O–H groups in total. The smallest absolute Gasteiger partial charge is 0.256 e. The van der Waals surface area contributed by atoms with E-state index in [0.29, 0.717) is 25.1 Å². The van der Waals surface area contributed by atoms with Crippen molar-refractivity contribution in [2.24, 2.45) is 0 Å². The van der Waals surface area contributed by atoms with E-state index in [4.69, 9.17) is 0 Å². The monoisotopic (exact) mass is 353 g/mol. The quantitative estimate of drug-likeness (QED) is 0.767. The second-order valence-electron chi connectivity index (χ2n) is 6.16. The Kier molecular flexibility index (Phi) is 5.11. The fourth-order valence-corrected chi connectivity index (χ4v) is 3.00. The van der Waals surface area contributed by atoms with E-state index in [0.717, 1.165) is 5.56 Å². The Morgan fingerprint density at radius 3 is 2.69 bits per heavy atom. The number of fused-ring (bicyclic) bond motifs is 1. The number of aromatic nitrogens is 2. The zero-order valence-electron chi connectivity index (χ0n) is 14.8. The summed E-state index contributed by atoms with van der Waals surface area (Å²) in [6.45, 7) is 4.41. The fraction of sp³-hybridized carbons (Fsp3) is 0.250.